The van der Waals surface area contributed by atoms with Gasteiger partial charge in [-0.05, 0) is 18.2 Å². The van der Waals surface area contributed by atoms with Gasteiger partial charge in [-0.3, -0.25) is 0 Å². The molecular formula is C8H4Cl2. The molecule has 0 aliphatic carbocycles. The monoisotopic (exact) mass is 171 g/mol. The van der Waals surface area contributed by atoms with Crippen molar-refractivity contribution >= 4 is 23.2 Å². The second-order valence-corrected chi connectivity index (χ2v) is 2.66. The predicted molar refractivity (Wildman–Crippen MR) is 44.4 cm³/mol. The molecule has 50 valence electrons. The van der Waals surface area contributed by atoms with Crippen molar-refractivity contribution in [1.82, 2.24) is 0 Å². The molecule has 1 aromatic rings. The number of hydrogen-bond acceptors (Lipinski definition) is 0. The van der Waals surface area contributed by atoms with E-state index in [-0.39, 0.29) is 0 Å². The van der Waals surface area contributed by atoms with Gasteiger partial charge in [0.25, 0.3) is 0 Å². The summed E-state index contributed by atoms with van der Waals surface area (Å²) < 4.78 is 6.63. The fourth-order valence-corrected chi connectivity index (χ4v) is 1.15. The van der Waals surface area contributed by atoms with Crippen LogP contribution in [0.15, 0.2) is 18.2 Å². The summed E-state index contributed by atoms with van der Waals surface area (Å²) in [5.74, 6) is 2.54. The molecule has 1 aromatic carbocycles. The van der Waals surface area contributed by atoms with Gasteiger partial charge in [0.05, 0.1) is 0 Å². The standard InChI is InChI=1S/C8H4Cl2/c1-2-6-3-7(9)5-8(10)4-6/h1,3-5H/i1D. The summed E-state index contributed by atoms with van der Waals surface area (Å²) in [5, 5.41) is 1.07. The maximum atomic E-state index is 6.63. The van der Waals surface area contributed by atoms with E-state index in [0.29, 0.717) is 15.6 Å². The molecule has 0 radical (unpaired) electrons. The molecular weight excluding hydrogens is 167 g/mol. The maximum Gasteiger partial charge on any atom is 0.124 e. The maximum absolute atomic E-state index is 6.63. The van der Waals surface area contributed by atoms with E-state index < -0.39 is 0 Å². The first kappa shape index (κ1) is 6.09. The van der Waals surface area contributed by atoms with Crippen molar-refractivity contribution in [2.45, 2.75) is 0 Å². The van der Waals surface area contributed by atoms with Gasteiger partial charge in [0, 0.05) is 15.6 Å². The fourth-order valence-electron chi connectivity index (χ4n) is 0.626. The Morgan fingerprint density at radius 1 is 1.30 bits per heavy atom. The van der Waals surface area contributed by atoms with Crippen LogP contribution < -0.4 is 0 Å². The van der Waals surface area contributed by atoms with Crippen LogP contribution in [0, 0.1) is 12.3 Å². The number of terminal acetylenes is 1. The first-order valence-electron chi connectivity index (χ1n) is 3.11. The molecule has 0 saturated heterocycles. The van der Waals surface area contributed by atoms with Gasteiger partial charge in [-0.2, -0.15) is 0 Å². The van der Waals surface area contributed by atoms with Crippen molar-refractivity contribution < 1.29 is 1.37 Å². The van der Waals surface area contributed by atoms with E-state index in [1.807, 2.05) is 6.40 Å². The fraction of sp³-hybridized carbons (Fsp3) is 0. The molecule has 0 saturated carbocycles. The lowest BCUT2D eigenvalue weighted by molar-refractivity contribution is 1.65. The van der Waals surface area contributed by atoms with Crippen molar-refractivity contribution in [3.8, 4) is 12.3 Å². The molecule has 0 unspecified atom stereocenters. The van der Waals surface area contributed by atoms with E-state index in [2.05, 4.69) is 5.92 Å². The van der Waals surface area contributed by atoms with Crippen LogP contribution in [0.2, 0.25) is 10.0 Å². The normalized spacial score (nSPS) is 9.60. The zero-order valence-corrected chi connectivity index (χ0v) is 6.50. The van der Waals surface area contributed by atoms with Gasteiger partial charge in [0.1, 0.15) is 1.37 Å². The van der Waals surface area contributed by atoms with Crippen LogP contribution in [-0.4, -0.2) is 0 Å². The number of rotatable bonds is 0. The lowest BCUT2D eigenvalue weighted by Gasteiger charge is -1.93. The first-order chi connectivity index (χ1) is 5.22. The van der Waals surface area contributed by atoms with Crippen LogP contribution in [0.1, 0.15) is 6.93 Å². The van der Waals surface area contributed by atoms with E-state index in [9.17, 15) is 0 Å². The van der Waals surface area contributed by atoms with Crippen molar-refractivity contribution in [3.63, 3.8) is 0 Å². The molecule has 0 aliphatic heterocycles. The van der Waals surface area contributed by atoms with Gasteiger partial charge < -0.3 is 0 Å². The highest BCUT2D eigenvalue weighted by Gasteiger charge is 1.93. The zero-order chi connectivity index (χ0) is 8.27. The van der Waals surface area contributed by atoms with Crippen molar-refractivity contribution in [2.75, 3.05) is 0 Å². The summed E-state index contributed by atoms with van der Waals surface area (Å²) in [6.07, 6.45) is 2.02. The summed E-state index contributed by atoms with van der Waals surface area (Å²) in [4.78, 5) is 0. The second-order valence-electron chi connectivity index (χ2n) is 1.78. The quantitative estimate of drug-likeness (QED) is 0.527. The Morgan fingerprint density at radius 3 is 2.40 bits per heavy atom. The highest BCUT2D eigenvalue weighted by Crippen LogP contribution is 2.17. The minimum Gasteiger partial charge on any atom is -0.115 e. The van der Waals surface area contributed by atoms with E-state index in [1.54, 1.807) is 18.2 Å². The number of benzene rings is 1. The average molecular weight is 172 g/mol. The molecule has 0 spiro atoms. The van der Waals surface area contributed by atoms with Crippen molar-refractivity contribution in [1.29, 1.82) is 0 Å². The van der Waals surface area contributed by atoms with Crippen LogP contribution in [0.5, 0.6) is 0 Å². The summed E-state index contributed by atoms with van der Waals surface area (Å²) in [7, 11) is 0. The molecule has 2 heteroatoms. The lowest BCUT2D eigenvalue weighted by Crippen LogP contribution is -1.73. The van der Waals surface area contributed by atoms with Crippen molar-refractivity contribution in [2.24, 2.45) is 0 Å². The minimum atomic E-state index is 0.537. The lowest BCUT2D eigenvalue weighted by atomic mass is 10.2. The third-order valence-corrected chi connectivity index (χ3v) is 1.44. The topological polar surface area (TPSA) is 0 Å². The third kappa shape index (κ3) is 1.67. The molecule has 10 heavy (non-hydrogen) atoms. The Kier molecular flexibility index (Phi) is 1.81. The molecule has 0 aromatic heterocycles. The van der Waals surface area contributed by atoms with Gasteiger partial charge in [0.15, 0.2) is 0 Å². The molecule has 0 fully saturated rings. The molecule has 0 bridgehead atoms. The molecule has 0 heterocycles. The Morgan fingerprint density at radius 2 is 1.90 bits per heavy atom. The molecule has 0 aliphatic rings. The largest absolute Gasteiger partial charge is 0.124 e. The average Bonchev–Trinajstić information content (AvgIpc) is 1.85. The first-order valence-corrected chi connectivity index (χ1v) is 3.37. The second kappa shape index (κ2) is 2.96. The van der Waals surface area contributed by atoms with Crippen LogP contribution in [-0.2, 0) is 0 Å². The third-order valence-electron chi connectivity index (χ3n) is 1.01. The van der Waals surface area contributed by atoms with Gasteiger partial charge in [-0.15, -0.1) is 6.40 Å². The van der Waals surface area contributed by atoms with E-state index in [0.717, 1.165) is 0 Å². The SMILES string of the molecule is [2H]C#Cc1cc(Cl)cc(Cl)c1. The number of hydrogen-bond donors (Lipinski definition) is 0. The molecule has 0 N–H and O–H groups in total. The van der Waals surface area contributed by atoms with Gasteiger partial charge in [-0.25, -0.2) is 0 Å². The molecule has 0 amide bonds. The van der Waals surface area contributed by atoms with Gasteiger partial charge in [0.2, 0.25) is 0 Å². The Labute approximate surface area is 71.2 Å². The summed E-state index contributed by atoms with van der Waals surface area (Å²) in [5.41, 5.74) is 0.664. The summed E-state index contributed by atoms with van der Waals surface area (Å²) in [6, 6.07) is 4.95. The molecule has 0 atom stereocenters. The van der Waals surface area contributed by atoms with Crippen molar-refractivity contribution in [3.05, 3.63) is 33.8 Å². The Balaban J connectivity index is 3.15. The molecule has 1 rings (SSSR count). The Hall–Kier alpha value is -0.640. The van der Waals surface area contributed by atoms with E-state index in [4.69, 9.17) is 24.6 Å². The minimum absolute atomic E-state index is 0.537. The Bertz CT molecular complexity index is 302. The zero-order valence-electron chi connectivity index (χ0n) is 5.99. The van der Waals surface area contributed by atoms with E-state index >= 15 is 0 Å². The van der Waals surface area contributed by atoms with Crippen LogP contribution in [0.4, 0.5) is 0 Å². The van der Waals surface area contributed by atoms with Crippen LogP contribution in [0.3, 0.4) is 0 Å². The van der Waals surface area contributed by atoms with Gasteiger partial charge in [-0.1, -0.05) is 29.1 Å². The van der Waals surface area contributed by atoms with Crippen LogP contribution in [0.25, 0.3) is 0 Å². The summed E-state index contributed by atoms with van der Waals surface area (Å²) >= 11 is 11.3. The van der Waals surface area contributed by atoms with Crippen LogP contribution >= 0.6 is 23.2 Å². The highest BCUT2D eigenvalue weighted by atomic mass is 35.5. The highest BCUT2D eigenvalue weighted by molar-refractivity contribution is 6.34. The summed E-state index contributed by atoms with van der Waals surface area (Å²) in [6.45, 7) is 0. The molecule has 0 nitrogen and oxygen atoms in total. The smallest absolute Gasteiger partial charge is 0.115 e. The predicted octanol–water partition coefficient (Wildman–Crippen LogP) is 2.97. The van der Waals surface area contributed by atoms with Gasteiger partial charge >= 0.3 is 0 Å². The number of halogens is 2. The van der Waals surface area contributed by atoms with E-state index in [1.165, 1.54) is 0 Å².